The second-order valence-corrected chi connectivity index (χ2v) is 3.85. The number of nitrogens with one attached hydrogen (secondary N) is 1. The van der Waals surface area contributed by atoms with Crippen molar-refractivity contribution < 1.29 is 19.1 Å². The van der Waals surface area contributed by atoms with Crippen LogP contribution in [0.25, 0.3) is 0 Å². The van der Waals surface area contributed by atoms with E-state index in [-0.39, 0.29) is 6.61 Å². The number of aromatic nitrogens is 2. The average Bonchev–Trinajstić information content (AvgIpc) is 2.58. The Morgan fingerprint density at radius 1 is 1.61 bits per heavy atom. The van der Waals surface area contributed by atoms with Gasteiger partial charge in [-0.25, -0.2) is 15.1 Å². The summed E-state index contributed by atoms with van der Waals surface area (Å²) < 4.78 is 19.8. The van der Waals surface area contributed by atoms with Gasteiger partial charge < -0.3 is 14.7 Å². The highest BCUT2D eigenvalue weighted by Gasteiger charge is 2.45. The Morgan fingerprint density at radius 2 is 2.33 bits per heavy atom. The monoisotopic (exact) mass is 261 g/mol. The molecule has 1 saturated heterocycles. The molecule has 18 heavy (non-hydrogen) atoms. The quantitative estimate of drug-likeness (QED) is 0.542. The first-order valence-electron chi connectivity index (χ1n) is 5.15. The lowest BCUT2D eigenvalue weighted by Crippen LogP contribution is -2.35. The van der Waals surface area contributed by atoms with Crippen LogP contribution in [-0.2, 0) is 9.57 Å². The summed E-state index contributed by atoms with van der Waals surface area (Å²) in [5, 5.41) is 9.54. The SMILES string of the molecule is NOC[C@@H]1O[C@H](n2ccc(=O)[nH]c2=O)C(F)C1O. The van der Waals surface area contributed by atoms with Crippen LogP contribution in [0.3, 0.4) is 0 Å². The number of hydrogen-bond acceptors (Lipinski definition) is 6. The van der Waals surface area contributed by atoms with Gasteiger partial charge in [-0.2, -0.15) is 0 Å². The maximum absolute atomic E-state index is 13.8. The van der Waals surface area contributed by atoms with Crippen molar-refractivity contribution in [1.29, 1.82) is 0 Å². The molecule has 1 aromatic heterocycles. The van der Waals surface area contributed by atoms with Crippen LogP contribution in [0.15, 0.2) is 21.9 Å². The van der Waals surface area contributed by atoms with Crippen molar-refractivity contribution in [2.75, 3.05) is 6.61 Å². The molecule has 0 aliphatic carbocycles. The third-order valence-corrected chi connectivity index (χ3v) is 2.68. The fourth-order valence-electron chi connectivity index (χ4n) is 1.79. The Hall–Kier alpha value is -1.55. The standard InChI is InChI=1S/C9H12FN3O5/c10-6-7(15)4(3-17-11)18-8(6)13-2-1-5(14)12-9(13)16/h1-2,4,6-8,15H,3,11H2,(H,12,14,16)/t4-,6?,7?,8-/m0/s1. The molecule has 1 aromatic rings. The number of alkyl halides is 1. The zero-order valence-corrected chi connectivity index (χ0v) is 9.15. The van der Waals surface area contributed by atoms with E-state index in [1.54, 1.807) is 0 Å². The smallest absolute Gasteiger partial charge is 0.330 e. The molecule has 1 aliphatic heterocycles. The summed E-state index contributed by atoms with van der Waals surface area (Å²) in [6.07, 6.45) is -4.50. The van der Waals surface area contributed by atoms with Gasteiger partial charge in [0.1, 0.15) is 12.2 Å². The van der Waals surface area contributed by atoms with E-state index in [0.717, 1.165) is 16.8 Å². The molecule has 2 rings (SSSR count). The predicted molar refractivity (Wildman–Crippen MR) is 56.3 cm³/mol. The van der Waals surface area contributed by atoms with Crippen molar-refractivity contribution in [2.24, 2.45) is 5.90 Å². The highest BCUT2D eigenvalue weighted by Crippen LogP contribution is 2.30. The molecule has 2 heterocycles. The minimum absolute atomic E-state index is 0.212. The van der Waals surface area contributed by atoms with Gasteiger partial charge in [-0.1, -0.05) is 0 Å². The lowest BCUT2D eigenvalue weighted by atomic mass is 10.1. The maximum atomic E-state index is 13.8. The number of aromatic amines is 1. The average molecular weight is 261 g/mol. The first-order chi connectivity index (χ1) is 8.54. The number of aliphatic hydroxyl groups excluding tert-OH is 1. The summed E-state index contributed by atoms with van der Waals surface area (Å²) in [5.74, 6) is 4.82. The number of halogens is 1. The number of ether oxygens (including phenoxy) is 1. The molecule has 4 atom stereocenters. The molecule has 1 fully saturated rings. The maximum Gasteiger partial charge on any atom is 0.330 e. The fraction of sp³-hybridized carbons (Fsp3) is 0.556. The normalized spacial score (nSPS) is 31.7. The van der Waals surface area contributed by atoms with Crippen LogP contribution in [0.1, 0.15) is 6.23 Å². The van der Waals surface area contributed by atoms with Crippen LogP contribution in [0.2, 0.25) is 0 Å². The van der Waals surface area contributed by atoms with Crippen molar-refractivity contribution in [3.8, 4) is 0 Å². The van der Waals surface area contributed by atoms with Crippen LogP contribution < -0.4 is 17.1 Å². The summed E-state index contributed by atoms with van der Waals surface area (Å²) >= 11 is 0. The molecule has 9 heteroatoms. The van der Waals surface area contributed by atoms with E-state index in [4.69, 9.17) is 10.6 Å². The molecular formula is C9H12FN3O5. The van der Waals surface area contributed by atoms with Crippen molar-refractivity contribution in [3.63, 3.8) is 0 Å². The number of nitrogens with two attached hydrogens (primary N) is 1. The van der Waals surface area contributed by atoms with Gasteiger partial charge in [0.25, 0.3) is 5.56 Å². The van der Waals surface area contributed by atoms with Gasteiger partial charge in [-0.3, -0.25) is 14.3 Å². The Kier molecular flexibility index (Phi) is 3.57. The Bertz CT molecular complexity index is 529. The molecule has 2 unspecified atom stereocenters. The summed E-state index contributed by atoms with van der Waals surface area (Å²) in [5.41, 5.74) is -1.43. The Balaban J connectivity index is 2.29. The predicted octanol–water partition coefficient (Wildman–Crippen LogP) is -1.98. The first kappa shape index (κ1) is 12.9. The Labute approximate surface area is 99.7 Å². The molecule has 0 aromatic carbocycles. The zero-order chi connectivity index (χ0) is 13.3. The van der Waals surface area contributed by atoms with Crippen molar-refractivity contribution in [2.45, 2.75) is 24.6 Å². The van der Waals surface area contributed by atoms with Gasteiger partial charge in [0.2, 0.25) is 0 Å². The summed E-state index contributed by atoms with van der Waals surface area (Å²) in [7, 11) is 0. The number of rotatable bonds is 3. The van der Waals surface area contributed by atoms with E-state index in [1.165, 1.54) is 0 Å². The molecule has 100 valence electrons. The van der Waals surface area contributed by atoms with Crippen molar-refractivity contribution >= 4 is 0 Å². The van der Waals surface area contributed by atoms with Gasteiger partial charge in [-0.05, 0) is 0 Å². The van der Waals surface area contributed by atoms with Gasteiger partial charge in [0, 0.05) is 12.3 Å². The number of hydrogen-bond donors (Lipinski definition) is 3. The topological polar surface area (TPSA) is 120 Å². The fourth-order valence-corrected chi connectivity index (χ4v) is 1.79. The second-order valence-electron chi connectivity index (χ2n) is 3.85. The molecule has 0 saturated carbocycles. The third-order valence-electron chi connectivity index (χ3n) is 2.68. The molecule has 0 amide bonds. The molecule has 0 spiro atoms. The number of H-pyrrole nitrogens is 1. The number of aliphatic hydroxyl groups is 1. The van der Waals surface area contributed by atoms with E-state index >= 15 is 0 Å². The molecule has 1 aliphatic rings. The Morgan fingerprint density at radius 3 is 2.94 bits per heavy atom. The number of nitrogens with zero attached hydrogens (tertiary/aromatic N) is 1. The largest absolute Gasteiger partial charge is 0.387 e. The summed E-state index contributed by atoms with van der Waals surface area (Å²) in [6, 6.07) is 1.05. The lowest BCUT2D eigenvalue weighted by molar-refractivity contribution is -0.0660. The minimum atomic E-state index is -1.83. The second kappa shape index (κ2) is 4.98. The lowest BCUT2D eigenvalue weighted by Gasteiger charge is -2.15. The minimum Gasteiger partial charge on any atom is -0.387 e. The van der Waals surface area contributed by atoms with Crippen LogP contribution >= 0.6 is 0 Å². The van der Waals surface area contributed by atoms with Gasteiger partial charge in [0.05, 0.1) is 6.61 Å². The summed E-state index contributed by atoms with van der Waals surface area (Å²) in [6.45, 7) is -0.212. The van der Waals surface area contributed by atoms with Crippen LogP contribution in [-0.4, -0.2) is 39.6 Å². The highest BCUT2D eigenvalue weighted by molar-refractivity contribution is 4.93. The molecular weight excluding hydrogens is 249 g/mol. The zero-order valence-electron chi connectivity index (χ0n) is 9.15. The molecule has 0 bridgehead atoms. The van der Waals surface area contributed by atoms with Crippen LogP contribution in [0.4, 0.5) is 4.39 Å². The molecule has 4 N–H and O–H groups in total. The summed E-state index contributed by atoms with van der Waals surface area (Å²) in [4.78, 5) is 28.6. The van der Waals surface area contributed by atoms with E-state index in [2.05, 4.69) is 4.84 Å². The van der Waals surface area contributed by atoms with Crippen LogP contribution in [0.5, 0.6) is 0 Å². The van der Waals surface area contributed by atoms with Crippen molar-refractivity contribution in [3.05, 3.63) is 33.1 Å². The first-order valence-corrected chi connectivity index (χ1v) is 5.15. The van der Waals surface area contributed by atoms with E-state index in [1.807, 2.05) is 4.98 Å². The van der Waals surface area contributed by atoms with E-state index < -0.39 is 35.9 Å². The van der Waals surface area contributed by atoms with E-state index in [0.29, 0.717) is 0 Å². The van der Waals surface area contributed by atoms with Gasteiger partial charge >= 0.3 is 5.69 Å². The van der Waals surface area contributed by atoms with Crippen LogP contribution in [0, 0.1) is 0 Å². The van der Waals surface area contributed by atoms with E-state index in [9.17, 15) is 19.1 Å². The van der Waals surface area contributed by atoms with Crippen molar-refractivity contribution in [1.82, 2.24) is 9.55 Å². The van der Waals surface area contributed by atoms with Gasteiger partial charge in [-0.15, -0.1) is 0 Å². The molecule has 0 radical (unpaired) electrons. The highest BCUT2D eigenvalue weighted by atomic mass is 19.1. The molecule has 8 nitrogen and oxygen atoms in total. The third kappa shape index (κ3) is 2.20. The van der Waals surface area contributed by atoms with Gasteiger partial charge in [0.15, 0.2) is 12.4 Å².